The normalized spacial score (nSPS) is 13.3. The molecule has 79 heavy (non-hydrogen) atoms. The minimum atomic E-state index is -0.543. The second kappa shape index (κ2) is 18.9. The number of benzene rings is 13. The number of fused-ring (bicyclic) bond motifs is 7. The van der Waals surface area contributed by atoms with Gasteiger partial charge in [0.1, 0.15) is 0 Å². The fraction of sp³-hybridized carbons (Fsp3) is 0.0256. The summed E-state index contributed by atoms with van der Waals surface area (Å²) in [6, 6.07) is 119. The zero-order chi connectivity index (χ0) is 52.3. The lowest BCUT2D eigenvalue weighted by molar-refractivity contribution is 0.768. The molecule has 0 aromatic heterocycles. The Hall–Kier alpha value is -10.1. The lowest BCUT2D eigenvalue weighted by Crippen LogP contribution is -2.28. The molecule has 370 valence electrons. The molecule has 0 N–H and O–H groups in total. The molecule has 0 bridgehead atoms. The molecule has 0 amide bonds. The van der Waals surface area contributed by atoms with E-state index in [9.17, 15) is 0 Å². The first kappa shape index (κ1) is 46.2. The molecular formula is C78H53N. The highest BCUT2D eigenvalue weighted by Crippen LogP contribution is 2.61. The average molecular weight is 1000 g/mol. The van der Waals surface area contributed by atoms with Gasteiger partial charge in [0.25, 0.3) is 0 Å². The first-order valence-corrected chi connectivity index (χ1v) is 27.5. The van der Waals surface area contributed by atoms with Crippen LogP contribution in [0.5, 0.6) is 0 Å². The van der Waals surface area contributed by atoms with E-state index in [1.807, 2.05) is 0 Å². The average Bonchev–Trinajstić information content (AvgIpc) is 3.13. The van der Waals surface area contributed by atoms with Crippen molar-refractivity contribution in [3.63, 3.8) is 0 Å². The zero-order valence-electron chi connectivity index (χ0n) is 43.5. The van der Waals surface area contributed by atoms with Crippen molar-refractivity contribution in [1.29, 1.82) is 0 Å². The minimum absolute atomic E-state index is 0.482. The van der Waals surface area contributed by atoms with Crippen LogP contribution in [0.15, 0.2) is 322 Å². The standard InChI is InChI=1S/C78H53N/c1-5-26-61(27-6-1)77(62-28-7-2-8-29-62)70-37-17-15-34-68(70)75-67(36-20-39-72(75)77)56-46-50-66(51-47-56)79(65-48-44-55(45-49-65)58-24-19-25-59(52-58)60-43-42-54-22-13-14-23-57(54)53-60)74-41-21-40-73-76(74)69-35-16-18-38-71(69)78(73,63-30-9-3-10-31-63)64-32-11-4-12-33-64/h1-53H. The Labute approximate surface area is 462 Å². The zero-order valence-corrected chi connectivity index (χ0v) is 43.5. The van der Waals surface area contributed by atoms with E-state index in [-0.39, 0.29) is 0 Å². The SMILES string of the molecule is c1ccc(C2(c3ccccc3)c3ccccc3-c3c(-c4ccc(N(c5ccc(-c6cccc(-c7ccc8ccccc8c7)c6)cc5)c5cccc6c5-c5ccccc5C6(c5ccccc5)c5ccccc5)cc4)cccc32)cc1. The third-order valence-electron chi connectivity index (χ3n) is 17.0. The van der Waals surface area contributed by atoms with Crippen molar-refractivity contribution in [1.82, 2.24) is 0 Å². The summed E-state index contributed by atoms with van der Waals surface area (Å²) in [7, 11) is 0. The smallest absolute Gasteiger partial charge is 0.0714 e. The van der Waals surface area contributed by atoms with Crippen molar-refractivity contribution in [2.75, 3.05) is 4.90 Å². The molecule has 2 aliphatic rings. The fourth-order valence-corrected chi connectivity index (χ4v) is 13.7. The molecule has 0 saturated heterocycles. The summed E-state index contributed by atoms with van der Waals surface area (Å²) < 4.78 is 0. The maximum atomic E-state index is 2.49. The van der Waals surface area contributed by atoms with Gasteiger partial charge in [-0.05, 0) is 148 Å². The molecular weight excluding hydrogens is 951 g/mol. The first-order chi connectivity index (χ1) is 39.2. The minimum Gasteiger partial charge on any atom is -0.310 e. The fourth-order valence-electron chi connectivity index (χ4n) is 13.7. The van der Waals surface area contributed by atoms with Crippen molar-refractivity contribution in [3.8, 4) is 55.6 Å². The highest BCUT2D eigenvalue weighted by atomic mass is 15.1. The van der Waals surface area contributed by atoms with Gasteiger partial charge in [-0.2, -0.15) is 0 Å². The summed E-state index contributed by atoms with van der Waals surface area (Å²) >= 11 is 0. The van der Waals surface area contributed by atoms with Gasteiger partial charge < -0.3 is 4.90 Å². The molecule has 13 aromatic carbocycles. The van der Waals surface area contributed by atoms with Crippen LogP contribution in [-0.4, -0.2) is 0 Å². The van der Waals surface area contributed by atoms with Crippen molar-refractivity contribution < 1.29 is 0 Å². The van der Waals surface area contributed by atoms with Crippen LogP contribution in [0.2, 0.25) is 0 Å². The molecule has 0 atom stereocenters. The molecule has 13 aromatic rings. The van der Waals surface area contributed by atoms with E-state index in [4.69, 9.17) is 0 Å². The lowest BCUT2D eigenvalue weighted by atomic mass is 9.67. The van der Waals surface area contributed by atoms with Crippen molar-refractivity contribution in [3.05, 3.63) is 366 Å². The molecule has 0 saturated carbocycles. The van der Waals surface area contributed by atoms with Gasteiger partial charge in [0.2, 0.25) is 0 Å². The highest BCUT2D eigenvalue weighted by molar-refractivity contribution is 5.99. The number of hydrogen-bond donors (Lipinski definition) is 0. The third-order valence-corrected chi connectivity index (χ3v) is 17.0. The summed E-state index contributed by atoms with van der Waals surface area (Å²) in [5.41, 5.74) is 24.6. The number of rotatable bonds is 10. The monoisotopic (exact) mass is 1000 g/mol. The van der Waals surface area contributed by atoms with Gasteiger partial charge in [0.05, 0.1) is 16.5 Å². The summed E-state index contributed by atoms with van der Waals surface area (Å²) in [6.07, 6.45) is 0. The Kier molecular flexibility index (Phi) is 11.1. The van der Waals surface area contributed by atoms with E-state index in [0.717, 1.165) is 22.6 Å². The van der Waals surface area contributed by atoms with Gasteiger partial charge in [0.15, 0.2) is 0 Å². The summed E-state index contributed by atoms with van der Waals surface area (Å²) in [5.74, 6) is 0. The predicted molar refractivity (Wildman–Crippen MR) is 330 cm³/mol. The first-order valence-electron chi connectivity index (χ1n) is 27.5. The number of anilines is 3. The second-order valence-electron chi connectivity index (χ2n) is 21.1. The van der Waals surface area contributed by atoms with Crippen LogP contribution in [0.4, 0.5) is 17.1 Å². The van der Waals surface area contributed by atoms with E-state index in [2.05, 4.69) is 326 Å². The molecule has 1 nitrogen and oxygen atoms in total. The Morgan fingerprint density at radius 2 is 0.595 bits per heavy atom. The van der Waals surface area contributed by atoms with E-state index in [1.165, 1.54) is 105 Å². The highest BCUT2D eigenvalue weighted by Gasteiger charge is 2.48. The number of hydrogen-bond acceptors (Lipinski definition) is 1. The van der Waals surface area contributed by atoms with Gasteiger partial charge in [-0.25, -0.2) is 0 Å². The second-order valence-corrected chi connectivity index (χ2v) is 21.1. The number of nitrogens with zero attached hydrogens (tertiary/aromatic N) is 1. The Morgan fingerprint density at radius 1 is 0.215 bits per heavy atom. The Morgan fingerprint density at radius 3 is 1.15 bits per heavy atom. The molecule has 15 rings (SSSR count). The van der Waals surface area contributed by atoms with Gasteiger partial charge in [-0.1, -0.05) is 279 Å². The van der Waals surface area contributed by atoms with E-state index >= 15 is 0 Å². The van der Waals surface area contributed by atoms with Crippen LogP contribution in [-0.2, 0) is 10.8 Å². The van der Waals surface area contributed by atoms with Gasteiger partial charge in [-0.15, -0.1) is 0 Å². The van der Waals surface area contributed by atoms with Crippen LogP contribution in [0, 0.1) is 0 Å². The van der Waals surface area contributed by atoms with E-state index in [1.54, 1.807) is 0 Å². The molecule has 0 radical (unpaired) electrons. The van der Waals surface area contributed by atoms with Crippen LogP contribution < -0.4 is 4.90 Å². The van der Waals surface area contributed by atoms with Crippen molar-refractivity contribution in [2.45, 2.75) is 10.8 Å². The molecule has 2 aliphatic carbocycles. The quantitative estimate of drug-likeness (QED) is 0.132. The van der Waals surface area contributed by atoms with E-state index in [0.29, 0.717) is 0 Å². The molecule has 1 heteroatoms. The van der Waals surface area contributed by atoms with Crippen LogP contribution in [0.1, 0.15) is 44.5 Å². The lowest BCUT2D eigenvalue weighted by Gasteiger charge is -2.34. The predicted octanol–water partition coefficient (Wildman–Crippen LogP) is 20.0. The molecule has 0 fully saturated rings. The molecule has 0 spiro atoms. The van der Waals surface area contributed by atoms with Crippen LogP contribution in [0.3, 0.4) is 0 Å². The maximum Gasteiger partial charge on any atom is 0.0714 e. The third kappa shape index (κ3) is 7.24. The van der Waals surface area contributed by atoms with Crippen LogP contribution in [0.25, 0.3) is 66.4 Å². The topological polar surface area (TPSA) is 3.24 Å². The van der Waals surface area contributed by atoms with Gasteiger partial charge >= 0.3 is 0 Å². The summed E-state index contributed by atoms with van der Waals surface area (Å²) in [6.45, 7) is 0. The Balaban J connectivity index is 0.904. The van der Waals surface area contributed by atoms with Crippen molar-refractivity contribution >= 4 is 27.8 Å². The van der Waals surface area contributed by atoms with Crippen LogP contribution >= 0.6 is 0 Å². The largest absolute Gasteiger partial charge is 0.310 e. The summed E-state index contributed by atoms with van der Waals surface area (Å²) in [4.78, 5) is 2.49. The van der Waals surface area contributed by atoms with Gasteiger partial charge in [-0.3, -0.25) is 0 Å². The van der Waals surface area contributed by atoms with Crippen molar-refractivity contribution in [2.24, 2.45) is 0 Å². The molecule has 0 unspecified atom stereocenters. The summed E-state index contributed by atoms with van der Waals surface area (Å²) in [5, 5.41) is 2.49. The maximum absolute atomic E-state index is 2.49. The molecule has 0 aliphatic heterocycles. The van der Waals surface area contributed by atoms with Gasteiger partial charge in [0, 0.05) is 16.9 Å². The molecule has 0 heterocycles. The van der Waals surface area contributed by atoms with E-state index < -0.39 is 10.8 Å². The Bertz CT molecular complexity index is 4310.